The Morgan fingerprint density at radius 1 is 1.41 bits per heavy atom. The lowest BCUT2D eigenvalue weighted by Crippen LogP contribution is -2.33. The molecule has 0 bridgehead atoms. The Labute approximate surface area is 101 Å². The molecule has 1 fully saturated rings. The molecule has 4 nitrogen and oxygen atoms in total. The third-order valence-corrected chi connectivity index (χ3v) is 3.20. The number of hydrogen-bond donors (Lipinski definition) is 2. The van der Waals surface area contributed by atoms with Crippen molar-refractivity contribution in [2.75, 3.05) is 7.11 Å². The number of phenolic OH excluding ortho intramolecular Hbond substituents is 1. The van der Waals surface area contributed by atoms with Crippen LogP contribution in [0, 0.1) is 0 Å². The number of phenols is 1. The molecule has 92 valence electrons. The summed E-state index contributed by atoms with van der Waals surface area (Å²) in [4.78, 5) is 11.9. The molecule has 2 unspecified atom stereocenters. The maximum Gasteiger partial charge on any atom is 0.255 e. The number of aromatic hydroxyl groups is 1. The molecule has 0 spiro atoms. The van der Waals surface area contributed by atoms with Gasteiger partial charge >= 0.3 is 0 Å². The lowest BCUT2D eigenvalue weighted by Gasteiger charge is -2.13. The van der Waals surface area contributed by atoms with Crippen molar-refractivity contribution in [1.82, 2.24) is 5.32 Å². The van der Waals surface area contributed by atoms with Crippen LogP contribution in [0.1, 0.15) is 29.6 Å². The van der Waals surface area contributed by atoms with Crippen LogP contribution in [0.3, 0.4) is 0 Å². The summed E-state index contributed by atoms with van der Waals surface area (Å²) >= 11 is 0. The van der Waals surface area contributed by atoms with E-state index in [1.54, 1.807) is 25.3 Å². The lowest BCUT2D eigenvalue weighted by molar-refractivity contribution is 0.0912. The summed E-state index contributed by atoms with van der Waals surface area (Å²) in [6.45, 7) is 0. The summed E-state index contributed by atoms with van der Waals surface area (Å²) < 4.78 is 5.25. The van der Waals surface area contributed by atoms with Gasteiger partial charge in [-0.05, 0) is 31.4 Å². The van der Waals surface area contributed by atoms with E-state index in [1.807, 2.05) is 0 Å². The van der Waals surface area contributed by atoms with Gasteiger partial charge in [-0.15, -0.1) is 0 Å². The van der Waals surface area contributed by atoms with Crippen LogP contribution in [0.5, 0.6) is 5.75 Å². The van der Waals surface area contributed by atoms with Crippen LogP contribution in [0.25, 0.3) is 0 Å². The Balaban J connectivity index is 1.96. The molecule has 1 saturated carbocycles. The molecule has 1 aromatic rings. The Hall–Kier alpha value is -1.55. The summed E-state index contributed by atoms with van der Waals surface area (Å²) in [5.41, 5.74) is 0.327. The second kappa shape index (κ2) is 5.19. The zero-order valence-electron chi connectivity index (χ0n) is 9.85. The van der Waals surface area contributed by atoms with Crippen LogP contribution < -0.4 is 5.32 Å². The van der Waals surface area contributed by atoms with Gasteiger partial charge in [-0.3, -0.25) is 4.79 Å². The smallest absolute Gasteiger partial charge is 0.255 e. The van der Waals surface area contributed by atoms with Gasteiger partial charge in [-0.1, -0.05) is 12.1 Å². The molecule has 0 saturated heterocycles. The topological polar surface area (TPSA) is 58.6 Å². The first-order chi connectivity index (χ1) is 8.20. The van der Waals surface area contributed by atoms with E-state index in [1.165, 1.54) is 6.07 Å². The van der Waals surface area contributed by atoms with Crippen molar-refractivity contribution in [2.24, 2.45) is 0 Å². The maximum atomic E-state index is 11.9. The monoisotopic (exact) mass is 235 g/mol. The average molecular weight is 235 g/mol. The van der Waals surface area contributed by atoms with Gasteiger partial charge in [0.1, 0.15) is 5.75 Å². The van der Waals surface area contributed by atoms with E-state index in [0.717, 1.165) is 19.3 Å². The van der Waals surface area contributed by atoms with Crippen LogP contribution >= 0.6 is 0 Å². The number of amides is 1. The zero-order chi connectivity index (χ0) is 12.3. The third kappa shape index (κ3) is 2.77. The average Bonchev–Trinajstić information content (AvgIpc) is 2.77. The highest BCUT2D eigenvalue weighted by atomic mass is 16.5. The number of hydrogen-bond acceptors (Lipinski definition) is 3. The van der Waals surface area contributed by atoms with Crippen molar-refractivity contribution in [3.63, 3.8) is 0 Å². The van der Waals surface area contributed by atoms with Crippen LogP contribution in [0.15, 0.2) is 24.3 Å². The second-order valence-electron chi connectivity index (χ2n) is 4.36. The molecule has 4 heteroatoms. The minimum Gasteiger partial charge on any atom is -0.507 e. The van der Waals surface area contributed by atoms with Crippen molar-refractivity contribution in [2.45, 2.75) is 31.4 Å². The largest absolute Gasteiger partial charge is 0.507 e. The van der Waals surface area contributed by atoms with Crippen molar-refractivity contribution in [1.29, 1.82) is 0 Å². The SMILES string of the molecule is COC1CCC(NC(=O)c2ccccc2O)C1. The van der Waals surface area contributed by atoms with E-state index in [9.17, 15) is 9.90 Å². The Bertz CT molecular complexity index is 405. The third-order valence-electron chi connectivity index (χ3n) is 3.20. The standard InChI is InChI=1S/C13H17NO3/c1-17-10-7-6-9(8-10)14-13(16)11-4-2-3-5-12(11)15/h2-5,9-10,15H,6-8H2,1H3,(H,14,16). The van der Waals surface area contributed by atoms with Crippen molar-refractivity contribution in [3.05, 3.63) is 29.8 Å². The van der Waals surface area contributed by atoms with Crippen molar-refractivity contribution in [3.8, 4) is 5.75 Å². The molecule has 1 aliphatic carbocycles. The molecule has 0 aromatic heterocycles. The van der Waals surface area contributed by atoms with Gasteiger partial charge in [-0.25, -0.2) is 0 Å². The van der Waals surface area contributed by atoms with Crippen LogP contribution in [0.4, 0.5) is 0 Å². The van der Waals surface area contributed by atoms with Gasteiger partial charge in [0.15, 0.2) is 0 Å². The quantitative estimate of drug-likeness (QED) is 0.838. The zero-order valence-corrected chi connectivity index (χ0v) is 9.85. The summed E-state index contributed by atoms with van der Waals surface area (Å²) in [7, 11) is 1.69. The molecule has 1 amide bonds. The van der Waals surface area contributed by atoms with Gasteiger partial charge in [0.05, 0.1) is 11.7 Å². The molecule has 0 aliphatic heterocycles. The first-order valence-corrected chi connectivity index (χ1v) is 5.82. The van der Waals surface area contributed by atoms with E-state index in [-0.39, 0.29) is 23.8 Å². The maximum absolute atomic E-state index is 11.9. The molecule has 17 heavy (non-hydrogen) atoms. The fraction of sp³-hybridized carbons (Fsp3) is 0.462. The van der Waals surface area contributed by atoms with Crippen LogP contribution in [-0.2, 0) is 4.74 Å². The first kappa shape index (κ1) is 11.9. The molecule has 1 aromatic carbocycles. The lowest BCUT2D eigenvalue weighted by atomic mass is 10.1. The van der Waals surface area contributed by atoms with E-state index in [0.29, 0.717) is 5.56 Å². The molecule has 0 heterocycles. The number of carbonyl (C=O) groups is 1. The van der Waals surface area contributed by atoms with Gasteiger partial charge in [-0.2, -0.15) is 0 Å². The molecule has 1 aliphatic rings. The van der Waals surface area contributed by atoms with Gasteiger partial charge in [0, 0.05) is 13.2 Å². The molecular formula is C13H17NO3. The Kier molecular flexibility index (Phi) is 3.64. The second-order valence-corrected chi connectivity index (χ2v) is 4.36. The molecule has 0 radical (unpaired) electrons. The summed E-state index contributed by atoms with van der Waals surface area (Å²) in [5.74, 6) is -0.198. The predicted molar refractivity (Wildman–Crippen MR) is 64.0 cm³/mol. The summed E-state index contributed by atoms with van der Waals surface area (Å²) in [5, 5.41) is 12.5. The Morgan fingerprint density at radius 2 is 2.18 bits per heavy atom. The summed E-state index contributed by atoms with van der Waals surface area (Å²) in [6, 6.07) is 6.71. The highest BCUT2D eigenvalue weighted by Crippen LogP contribution is 2.22. The fourth-order valence-corrected chi connectivity index (χ4v) is 2.21. The summed E-state index contributed by atoms with van der Waals surface area (Å²) in [6.07, 6.45) is 2.99. The number of rotatable bonds is 3. The van der Waals surface area contributed by atoms with Crippen LogP contribution in [0.2, 0.25) is 0 Å². The minimum atomic E-state index is -0.218. The highest BCUT2D eigenvalue weighted by Gasteiger charge is 2.26. The van der Waals surface area contributed by atoms with Gasteiger partial charge in [0.25, 0.3) is 5.91 Å². The number of para-hydroxylation sites is 1. The Morgan fingerprint density at radius 3 is 2.82 bits per heavy atom. The first-order valence-electron chi connectivity index (χ1n) is 5.82. The van der Waals surface area contributed by atoms with E-state index >= 15 is 0 Å². The highest BCUT2D eigenvalue weighted by molar-refractivity contribution is 5.96. The van der Waals surface area contributed by atoms with Gasteiger partial charge < -0.3 is 15.2 Å². The normalized spacial score (nSPS) is 23.6. The van der Waals surface area contributed by atoms with Gasteiger partial charge in [0.2, 0.25) is 0 Å². The van der Waals surface area contributed by atoms with Crippen LogP contribution in [-0.4, -0.2) is 30.3 Å². The predicted octanol–water partition coefficient (Wildman–Crippen LogP) is 1.69. The minimum absolute atomic E-state index is 0.0197. The van der Waals surface area contributed by atoms with E-state index in [2.05, 4.69) is 5.32 Å². The van der Waals surface area contributed by atoms with E-state index in [4.69, 9.17) is 4.74 Å². The molecule has 2 atom stereocenters. The number of nitrogens with one attached hydrogen (secondary N) is 1. The number of methoxy groups -OCH3 is 1. The van der Waals surface area contributed by atoms with E-state index < -0.39 is 0 Å². The van der Waals surface area contributed by atoms with Crippen molar-refractivity contribution >= 4 is 5.91 Å². The molecule has 2 N–H and O–H groups in total. The number of benzene rings is 1. The molecule has 2 rings (SSSR count). The molecular weight excluding hydrogens is 218 g/mol. The number of ether oxygens (including phenoxy) is 1. The number of carbonyl (C=O) groups excluding carboxylic acids is 1. The van der Waals surface area contributed by atoms with Crippen molar-refractivity contribution < 1.29 is 14.6 Å². The fourth-order valence-electron chi connectivity index (χ4n) is 2.21.